The van der Waals surface area contributed by atoms with Gasteiger partial charge in [-0.15, -0.1) is 11.3 Å². The van der Waals surface area contributed by atoms with Crippen molar-refractivity contribution in [1.82, 2.24) is 4.98 Å². The van der Waals surface area contributed by atoms with Crippen molar-refractivity contribution in [1.29, 1.82) is 0 Å². The molecule has 92 valence electrons. The second kappa shape index (κ2) is 3.59. The van der Waals surface area contributed by atoms with E-state index in [9.17, 15) is 4.79 Å². The van der Waals surface area contributed by atoms with Crippen LogP contribution in [0.2, 0.25) is 0 Å². The van der Waals surface area contributed by atoms with Gasteiger partial charge in [-0.3, -0.25) is 0 Å². The number of aromatic amines is 1. The summed E-state index contributed by atoms with van der Waals surface area (Å²) in [5, 5.41) is 12.3. The van der Waals surface area contributed by atoms with Gasteiger partial charge in [0.2, 0.25) is 0 Å². The summed E-state index contributed by atoms with van der Waals surface area (Å²) < 4.78 is 2.44. The minimum absolute atomic E-state index is 0.233. The highest BCUT2D eigenvalue weighted by atomic mass is 32.1. The molecule has 0 saturated carbocycles. The molecule has 19 heavy (non-hydrogen) atoms. The van der Waals surface area contributed by atoms with E-state index in [1.807, 2.05) is 18.2 Å². The van der Waals surface area contributed by atoms with Gasteiger partial charge >= 0.3 is 5.97 Å². The zero-order chi connectivity index (χ0) is 13.0. The standard InChI is InChI=1S/C15H9NO2S/c17-15(18)12-5-8-6-14-10(7-11(8)16-12)9-3-1-2-4-13(9)19-14/h1-7,16H,(H,17,18). The van der Waals surface area contributed by atoms with Crippen molar-refractivity contribution in [2.45, 2.75) is 0 Å². The minimum Gasteiger partial charge on any atom is -0.477 e. The van der Waals surface area contributed by atoms with Gasteiger partial charge in [0, 0.05) is 31.1 Å². The molecule has 4 heteroatoms. The molecule has 2 N–H and O–H groups in total. The largest absolute Gasteiger partial charge is 0.477 e. The SMILES string of the molecule is O=C(O)c1cc2cc3sc4ccccc4c3cc2[nH]1. The van der Waals surface area contributed by atoms with E-state index in [-0.39, 0.29) is 5.69 Å². The highest BCUT2D eigenvalue weighted by Gasteiger charge is 2.10. The number of nitrogens with one attached hydrogen (secondary N) is 1. The van der Waals surface area contributed by atoms with Crippen LogP contribution in [0.4, 0.5) is 0 Å². The fraction of sp³-hybridized carbons (Fsp3) is 0. The molecule has 2 aromatic heterocycles. The molecule has 0 bridgehead atoms. The van der Waals surface area contributed by atoms with Gasteiger partial charge in [0.05, 0.1) is 0 Å². The molecular formula is C15H9NO2S. The van der Waals surface area contributed by atoms with Crippen molar-refractivity contribution in [3.8, 4) is 0 Å². The summed E-state index contributed by atoms with van der Waals surface area (Å²) in [4.78, 5) is 13.9. The van der Waals surface area contributed by atoms with Crippen LogP contribution in [0.25, 0.3) is 31.1 Å². The number of aromatic nitrogens is 1. The first-order chi connectivity index (χ1) is 9.22. The number of aromatic carboxylic acids is 1. The molecule has 0 aliphatic heterocycles. The van der Waals surface area contributed by atoms with Gasteiger partial charge in [0.15, 0.2) is 0 Å². The Kier molecular flexibility index (Phi) is 2.00. The zero-order valence-electron chi connectivity index (χ0n) is 9.81. The number of carbonyl (C=O) groups is 1. The van der Waals surface area contributed by atoms with Crippen LogP contribution < -0.4 is 0 Å². The quantitative estimate of drug-likeness (QED) is 0.542. The number of H-pyrrole nitrogens is 1. The van der Waals surface area contributed by atoms with E-state index in [0.29, 0.717) is 0 Å². The van der Waals surface area contributed by atoms with E-state index in [4.69, 9.17) is 5.11 Å². The second-order valence-electron chi connectivity index (χ2n) is 4.52. The van der Waals surface area contributed by atoms with E-state index in [1.54, 1.807) is 17.4 Å². The summed E-state index contributed by atoms with van der Waals surface area (Å²) in [6.07, 6.45) is 0. The lowest BCUT2D eigenvalue weighted by atomic mass is 10.1. The smallest absolute Gasteiger partial charge is 0.352 e. The predicted molar refractivity (Wildman–Crippen MR) is 78.1 cm³/mol. The van der Waals surface area contributed by atoms with Crippen molar-refractivity contribution in [3.05, 3.63) is 48.2 Å². The summed E-state index contributed by atoms with van der Waals surface area (Å²) in [6, 6.07) is 14.0. The number of rotatable bonds is 1. The molecule has 0 fully saturated rings. The average Bonchev–Trinajstić information content (AvgIpc) is 2.96. The minimum atomic E-state index is -0.926. The number of carboxylic acids is 1. The molecule has 2 heterocycles. The number of hydrogen-bond acceptors (Lipinski definition) is 2. The number of thiophene rings is 1. The summed E-state index contributed by atoms with van der Waals surface area (Å²) in [5.41, 5.74) is 1.10. The van der Waals surface area contributed by atoms with E-state index >= 15 is 0 Å². The van der Waals surface area contributed by atoms with Gasteiger partial charge in [-0.1, -0.05) is 18.2 Å². The van der Waals surface area contributed by atoms with Crippen molar-refractivity contribution >= 4 is 48.4 Å². The fourth-order valence-electron chi connectivity index (χ4n) is 2.47. The normalized spacial score (nSPS) is 11.6. The first-order valence-corrected chi connectivity index (χ1v) is 6.71. The Morgan fingerprint density at radius 3 is 2.74 bits per heavy atom. The van der Waals surface area contributed by atoms with Crippen LogP contribution in [0.1, 0.15) is 10.5 Å². The zero-order valence-corrected chi connectivity index (χ0v) is 10.6. The van der Waals surface area contributed by atoms with E-state index in [2.05, 4.69) is 23.2 Å². The van der Waals surface area contributed by atoms with Gasteiger partial charge in [-0.2, -0.15) is 0 Å². The molecular weight excluding hydrogens is 258 g/mol. The number of hydrogen-bond donors (Lipinski definition) is 2. The third kappa shape index (κ3) is 1.47. The Bertz CT molecular complexity index is 949. The molecule has 0 saturated heterocycles. The van der Waals surface area contributed by atoms with Crippen LogP contribution >= 0.6 is 11.3 Å². The van der Waals surface area contributed by atoms with Gasteiger partial charge in [0.25, 0.3) is 0 Å². The first-order valence-electron chi connectivity index (χ1n) is 5.90. The molecule has 0 radical (unpaired) electrons. The third-order valence-electron chi connectivity index (χ3n) is 3.35. The molecule has 4 aromatic rings. The van der Waals surface area contributed by atoms with E-state index < -0.39 is 5.97 Å². The molecule has 0 aliphatic carbocycles. The lowest BCUT2D eigenvalue weighted by molar-refractivity contribution is 0.0691. The number of benzene rings is 2. The highest BCUT2D eigenvalue weighted by molar-refractivity contribution is 7.25. The third-order valence-corrected chi connectivity index (χ3v) is 4.48. The van der Waals surface area contributed by atoms with Gasteiger partial charge in [-0.25, -0.2) is 4.79 Å². The van der Waals surface area contributed by atoms with Gasteiger partial charge in [0.1, 0.15) is 5.69 Å². The molecule has 0 unspecified atom stereocenters. The lowest BCUT2D eigenvalue weighted by Crippen LogP contribution is -1.94. The Hall–Kier alpha value is -2.33. The maximum absolute atomic E-state index is 11.0. The summed E-state index contributed by atoms with van der Waals surface area (Å²) in [7, 11) is 0. The van der Waals surface area contributed by atoms with Crippen LogP contribution in [0, 0.1) is 0 Å². The lowest BCUT2D eigenvalue weighted by Gasteiger charge is -1.92. The molecule has 0 aliphatic rings. The topological polar surface area (TPSA) is 53.1 Å². The monoisotopic (exact) mass is 267 g/mol. The molecule has 2 aromatic carbocycles. The highest BCUT2D eigenvalue weighted by Crippen LogP contribution is 2.36. The summed E-state index contributed by atoms with van der Waals surface area (Å²) in [5.74, 6) is -0.926. The predicted octanol–water partition coefficient (Wildman–Crippen LogP) is 4.23. The Labute approximate surface area is 112 Å². The average molecular weight is 267 g/mol. The Morgan fingerprint density at radius 1 is 1.05 bits per heavy atom. The maximum atomic E-state index is 11.0. The van der Waals surface area contributed by atoms with Crippen LogP contribution in [0.5, 0.6) is 0 Å². The molecule has 3 nitrogen and oxygen atoms in total. The molecule has 4 rings (SSSR count). The summed E-state index contributed by atoms with van der Waals surface area (Å²) in [6.45, 7) is 0. The van der Waals surface area contributed by atoms with Crippen molar-refractivity contribution in [2.75, 3.05) is 0 Å². The van der Waals surface area contributed by atoms with Crippen molar-refractivity contribution in [3.63, 3.8) is 0 Å². The van der Waals surface area contributed by atoms with E-state index in [1.165, 1.54) is 20.2 Å². The summed E-state index contributed by atoms with van der Waals surface area (Å²) >= 11 is 1.73. The van der Waals surface area contributed by atoms with Gasteiger partial charge < -0.3 is 10.1 Å². The number of fused-ring (bicyclic) bond motifs is 4. The van der Waals surface area contributed by atoms with Crippen LogP contribution in [0.3, 0.4) is 0 Å². The van der Waals surface area contributed by atoms with Crippen molar-refractivity contribution < 1.29 is 9.90 Å². The van der Waals surface area contributed by atoms with Crippen LogP contribution in [-0.4, -0.2) is 16.1 Å². The van der Waals surface area contributed by atoms with Crippen molar-refractivity contribution in [2.24, 2.45) is 0 Å². The second-order valence-corrected chi connectivity index (χ2v) is 5.61. The molecule has 0 amide bonds. The molecule has 0 atom stereocenters. The first kappa shape index (κ1) is 10.6. The maximum Gasteiger partial charge on any atom is 0.352 e. The Balaban J connectivity index is 2.14. The van der Waals surface area contributed by atoms with Crippen LogP contribution in [0.15, 0.2) is 42.5 Å². The van der Waals surface area contributed by atoms with Crippen LogP contribution in [-0.2, 0) is 0 Å². The Morgan fingerprint density at radius 2 is 1.89 bits per heavy atom. The van der Waals surface area contributed by atoms with Gasteiger partial charge in [-0.05, 0) is 24.3 Å². The molecule has 0 spiro atoms. The fourth-order valence-corrected chi connectivity index (χ4v) is 3.60. The number of carboxylic acid groups (broad SMARTS) is 1. The van der Waals surface area contributed by atoms with E-state index in [0.717, 1.165) is 10.9 Å².